The molecule has 5 heteroatoms. The molecule has 3 nitrogen and oxygen atoms in total. The fourth-order valence-electron chi connectivity index (χ4n) is 1.04. The molecule has 0 bridgehead atoms. The minimum atomic E-state index is -0.0933. The van der Waals surface area contributed by atoms with Crippen molar-refractivity contribution in [3.63, 3.8) is 0 Å². The van der Waals surface area contributed by atoms with Crippen molar-refractivity contribution >= 4 is 45.8 Å². The second-order valence-electron chi connectivity index (χ2n) is 3.00. The van der Waals surface area contributed by atoms with E-state index in [0.29, 0.717) is 17.9 Å². The number of anilines is 1. The molecule has 82 valence electrons. The molecule has 0 saturated carbocycles. The van der Waals surface area contributed by atoms with E-state index >= 15 is 0 Å². The van der Waals surface area contributed by atoms with Gasteiger partial charge < -0.3 is 10.4 Å². The average molecular weight is 340 g/mol. The van der Waals surface area contributed by atoms with Crippen LogP contribution in [0.5, 0.6) is 0 Å². The summed E-state index contributed by atoms with van der Waals surface area (Å²) in [6.45, 7) is 0.0329. The van der Waals surface area contributed by atoms with Gasteiger partial charge in [-0.2, -0.15) is 0 Å². The Kier molecular flexibility index (Phi) is 5.35. The van der Waals surface area contributed by atoms with Gasteiger partial charge in [0.2, 0.25) is 5.91 Å². The van der Waals surface area contributed by atoms with Gasteiger partial charge in [-0.05, 0) is 47.2 Å². The smallest absolute Gasteiger partial charge is 0.224 e. The minimum absolute atomic E-state index is 0.0329. The molecule has 0 fully saturated rings. The summed E-state index contributed by atoms with van der Waals surface area (Å²) in [7, 11) is 0. The van der Waals surface area contributed by atoms with Crippen molar-refractivity contribution in [2.75, 3.05) is 11.9 Å². The van der Waals surface area contributed by atoms with Gasteiger partial charge in [0.25, 0.3) is 0 Å². The highest BCUT2D eigenvalue weighted by Crippen LogP contribution is 2.22. The van der Waals surface area contributed by atoms with E-state index in [0.717, 1.165) is 9.26 Å². The molecule has 0 radical (unpaired) electrons. The maximum atomic E-state index is 11.3. The number of hydrogen-bond acceptors (Lipinski definition) is 2. The molecule has 0 aliphatic carbocycles. The summed E-state index contributed by atoms with van der Waals surface area (Å²) >= 11 is 7.90. The average Bonchev–Trinajstić information content (AvgIpc) is 2.19. The molecule has 0 aromatic heterocycles. The lowest BCUT2D eigenvalue weighted by Crippen LogP contribution is -2.12. The third-order valence-corrected chi connectivity index (χ3v) is 2.89. The van der Waals surface area contributed by atoms with Crippen LogP contribution in [0.1, 0.15) is 12.8 Å². The number of carbonyl (C=O) groups excluding carboxylic acids is 1. The molecule has 1 amide bonds. The molecule has 1 rings (SSSR count). The predicted molar refractivity (Wildman–Crippen MR) is 69.1 cm³/mol. The fraction of sp³-hybridized carbons (Fsp3) is 0.300. The zero-order valence-electron chi connectivity index (χ0n) is 7.96. The quantitative estimate of drug-likeness (QED) is 0.829. The molecule has 1 aromatic carbocycles. The Balaban J connectivity index is 2.60. The summed E-state index contributed by atoms with van der Waals surface area (Å²) in [5.41, 5.74) is 0.753. The highest BCUT2D eigenvalue weighted by atomic mass is 127. The maximum absolute atomic E-state index is 11.3. The zero-order chi connectivity index (χ0) is 11.3. The lowest BCUT2D eigenvalue weighted by Gasteiger charge is -2.06. The van der Waals surface area contributed by atoms with E-state index in [9.17, 15) is 4.79 Å². The van der Waals surface area contributed by atoms with E-state index in [1.165, 1.54) is 0 Å². The van der Waals surface area contributed by atoms with Gasteiger partial charge in [0.05, 0.1) is 5.69 Å². The van der Waals surface area contributed by atoms with Crippen LogP contribution in [0.4, 0.5) is 5.69 Å². The molecule has 0 unspecified atom stereocenters. The van der Waals surface area contributed by atoms with Crippen LogP contribution in [0.15, 0.2) is 18.2 Å². The highest BCUT2D eigenvalue weighted by Gasteiger charge is 2.05. The van der Waals surface area contributed by atoms with Crippen LogP contribution in [0, 0.1) is 3.57 Å². The van der Waals surface area contributed by atoms with E-state index in [-0.39, 0.29) is 12.5 Å². The summed E-state index contributed by atoms with van der Waals surface area (Å²) in [6, 6.07) is 5.27. The molecule has 1 aromatic rings. The van der Waals surface area contributed by atoms with Gasteiger partial charge in [0.1, 0.15) is 0 Å². The number of aliphatic hydroxyl groups is 1. The highest BCUT2D eigenvalue weighted by molar-refractivity contribution is 14.1. The van der Waals surface area contributed by atoms with Crippen LogP contribution in [-0.2, 0) is 4.79 Å². The summed E-state index contributed by atoms with van der Waals surface area (Å²) in [6.07, 6.45) is 0.811. The summed E-state index contributed by atoms with van der Waals surface area (Å²) in [5, 5.41) is 12.0. The van der Waals surface area contributed by atoms with Crippen LogP contribution in [0.3, 0.4) is 0 Å². The second-order valence-corrected chi connectivity index (χ2v) is 4.60. The van der Waals surface area contributed by atoms with Crippen molar-refractivity contribution in [3.8, 4) is 0 Å². The molecule has 15 heavy (non-hydrogen) atoms. The number of nitrogens with one attached hydrogen (secondary N) is 1. The first-order chi connectivity index (χ1) is 7.13. The van der Waals surface area contributed by atoms with Crippen molar-refractivity contribution in [2.45, 2.75) is 12.8 Å². The van der Waals surface area contributed by atoms with Crippen LogP contribution < -0.4 is 5.32 Å². The van der Waals surface area contributed by atoms with E-state index in [2.05, 4.69) is 27.9 Å². The first-order valence-corrected chi connectivity index (χ1v) is 5.95. The Morgan fingerprint density at radius 1 is 1.53 bits per heavy atom. The molecule has 0 aliphatic rings. The summed E-state index contributed by atoms with van der Waals surface area (Å²) in [4.78, 5) is 11.3. The predicted octanol–water partition coefficient (Wildman–Crippen LogP) is 2.66. The second kappa shape index (κ2) is 6.30. The molecular formula is C10H11ClINO2. The SMILES string of the molecule is O=C(CCCO)Nc1ccc(Cl)cc1I. The fourth-order valence-corrected chi connectivity index (χ4v) is 2.05. The molecule has 0 aliphatic heterocycles. The number of hydrogen-bond donors (Lipinski definition) is 2. The van der Waals surface area contributed by atoms with Gasteiger partial charge in [0.15, 0.2) is 0 Å². The van der Waals surface area contributed by atoms with Gasteiger partial charge in [-0.1, -0.05) is 11.6 Å². The van der Waals surface area contributed by atoms with Crippen LogP contribution >= 0.6 is 34.2 Å². The molecule has 0 heterocycles. The summed E-state index contributed by atoms with van der Waals surface area (Å²) in [5.74, 6) is -0.0933. The van der Waals surface area contributed by atoms with Gasteiger partial charge >= 0.3 is 0 Å². The number of amides is 1. The maximum Gasteiger partial charge on any atom is 0.224 e. The van der Waals surface area contributed by atoms with Crippen molar-refractivity contribution < 1.29 is 9.90 Å². The lowest BCUT2D eigenvalue weighted by atomic mass is 10.3. The summed E-state index contributed by atoms with van der Waals surface area (Å²) < 4.78 is 0.900. The first kappa shape index (κ1) is 12.7. The lowest BCUT2D eigenvalue weighted by molar-refractivity contribution is -0.116. The number of aliphatic hydroxyl groups excluding tert-OH is 1. The largest absolute Gasteiger partial charge is 0.396 e. The number of halogens is 2. The Bertz CT molecular complexity index is 357. The normalized spacial score (nSPS) is 10.1. The molecule has 2 N–H and O–H groups in total. The van der Waals surface area contributed by atoms with Gasteiger partial charge in [-0.3, -0.25) is 4.79 Å². The van der Waals surface area contributed by atoms with E-state index in [4.69, 9.17) is 16.7 Å². The number of carbonyl (C=O) groups is 1. The van der Waals surface area contributed by atoms with E-state index in [1.807, 2.05) is 0 Å². The van der Waals surface area contributed by atoms with Crippen LogP contribution in [0.2, 0.25) is 5.02 Å². The van der Waals surface area contributed by atoms with E-state index in [1.54, 1.807) is 18.2 Å². The standard InChI is InChI=1S/C10H11ClINO2/c11-7-3-4-9(8(12)6-7)13-10(15)2-1-5-14/h3-4,6,14H,1-2,5H2,(H,13,15). The Morgan fingerprint density at radius 2 is 2.27 bits per heavy atom. The topological polar surface area (TPSA) is 49.3 Å². The molecular weight excluding hydrogens is 328 g/mol. The van der Waals surface area contributed by atoms with Gasteiger partial charge in [-0.25, -0.2) is 0 Å². The van der Waals surface area contributed by atoms with Gasteiger partial charge in [-0.15, -0.1) is 0 Å². The van der Waals surface area contributed by atoms with Crippen LogP contribution in [0.25, 0.3) is 0 Å². The van der Waals surface area contributed by atoms with Crippen molar-refractivity contribution in [1.29, 1.82) is 0 Å². The number of rotatable bonds is 4. The van der Waals surface area contributed by atoms with Crippen molar-refractivity contribution in [3.05, 3.63) is 26.8 Å². The zero-order valence-corrected chi connectivity index (χ0v) is 10.9. The molecule has 0 saturated heterocycles. The Morgan fingerprint density at radius 3 is 2.87 bits per heavy atom. The minimum Gasteiger partial charge on any atom is -0.396 e. The van der Waals surface area contributed by atoms with Crippen molar-refractivity contribution in [2.24, 2.45) is 0 Å². The molecule has 0 spiro atoms. The van der Waals surface area contributed by atoms with Crippen LogP contribution in [-0.4, -0.2) is 17.6 Å². The van der Waals surface area contributed by atoms with Gasteiger partial charge in [0, 0.05) is 21.6 Å². The first-order valence-electron chi connectivity index (χ1n) is 4.49. The monoisotopic (exact) mass is 339 g/mol. The Labute approximate surface area is 107 Å². The van der Waals surface area contributed by atoms with Crippen molar-refractivity contribution in [1.82, 2.24) is 0 Å². The third-order valence-electron chi connectivity index (χ3n) is 1.77. The molecule has 0 atom stereocenters. The third kappa shape index (κ3) is 4.36. The number of benzene rings is 1. The van der Waals surface area contributed by atoms with E-state index < -0.39 is 0 Å². The Hall–Kier alpha value is -0.330.